The minimum Gasteiger partial charge on any atom is -0.489 e. The number of pyridine rings is 1. The van der Waals surface area contributed by atoms with E-state index in [1.165, 1.54) is 6.20 Å². The van der Waals surface area contributed by atoms with E-state index in [9.17, 15) is 4.79 Å². The Morgan fingerprint density at radius 3 is 2.87 bits per heavy atom. The summed E-state index contributed by atoms with van der Waals surface area (Å²) < 4.78 is 5.56. The van der Waals surface area contributed by atoms with Gasteiger partial charge in [0.05, 0.1) is 17.4 Å². The van der Waals surface area contributed by atoms with Gasteiger partial charge in [0.25, 0.3) is 5.91 Å². The number of aromatic nitrogens is 1. The van der Waals surface area contributed by atoms with Gasteiger partial charge in [-0.15, -0.1) is 0 Å². The number of hydrogen-bond donors (Lipinski definition) is 2. The maximum Gasteiger partial charge on any atom is 0.254 e. The fourth-order valence-corrected chi connectivity index (χ4v) is 1.24. The average Bonchev–Trinajstić information content (AvgIpc) is 3.01. The molecular formula is C10H13N3O2. The number of amides is 1. The van der Waals surface area contributed by atoms with Crippen LogP contribution in [-0.2, 0) is 6.54 Å². The number of primary amides is 1. The smallest absolute Gasteiger partial charge is 0.254 e. The van der Waals surface area contributed by atoms with Crippen molar-refractivity contribution >= 4 is 5.91 Å². The van der Waals surface area contributed by atoms with Crippen LogP contribution < -0.4 is 16.2 Å². The molecule has 0 spiro atoms. The first kappa shape index (κ1) is 9.92. The molecule has 1 amide bonds. The van der Waals surface area contributed by atoms with Crippen LogP contribution in [0.25, 0.3) is 0 Å². The van der Waals surface area contributed by atoms with Crippen LogP contribution in [0.1, 0.15) is 28.9 Å². The first-order valence-corrected chi connectivity index (χ1v) is 4.86. The van der Waals surface area contributed by atoms with Crippen LogP contribution in [0.4, 0.5) is 0 Å². The van der Waals surface area contributed by atoms with Gasteiger partial charge in [-0.2, -0.15) is 0 Å². The summed E-state index contributed by atoms with van der Waals surface area (Å²) in [6.07, 6.45) is 3.69. The van der Waals surface area contributed by atoms with Crippen molar-refractivity contribution in [1.82, 2.24) is 4.98 Å². The van der Waals surface area contributed by atoms with Crippen LogP contribution in [0, 0.1) is 0 Å². The molecule has 1 heterocycles. The number of carbonyl (C=O) groups excluding carboxylic acids is 1. The lowest BCUT2D eigenvalue weighted by atomic mass is 10.2. The molecule has 0 unspecified atom stereocenters. The van der Waals surface area contributed by atoms with Crippen LogP contribution in [0.15, 0.2) is 12.3 Å². The normalized spacial score (nSPS) is 15.0. The summed E-state index contributed by atoms with van der Waals surface area (Å²) in [5.74, 6) is -0.0258. The molecule has 0 radical (unpaired) electrons. The summed E-state index contributed by atoms with van der Waals surface area (Å²) in [6.45, 7) is 0.320. The van der Waals surface area contributed by atoms with Crippen LogP contribution in [-0.4, -0.2) is 17.0 Å². The van der Waals surface area contributed by atoms with Crippen LogP contribution in [0.2, 0.25) is 0 Å². The molecule has 1 aromatic heterocycles. The van der Waals surface area contributed by atoms with E-state index in [1.807, 2.05) is 0 Å². The third-order valence-corrected chi connectivity index (χ3v) is 2.22. The first-order valence-electron chi connectivity index (χ1n) is 4.86. The zero-order valence-corrected chi connectivity index (χ0v) is 8.27. The predicted molar refractivity (Wildman–Crippen MR) is 54.3 cm³/mol. The summed E-state index contributed by atoms with van der Waals surface area (Å²) >= 11 is 0. The third-order valence-electron chi connectivity index (χ3n) is 2.22. The number of ether oxygens (including phenoxy) is 1. The molecule has 1 aliphatic rings. The Hall–Kier alpha value is -1.62. The molecule has 1 fully saturated rings. The van der Waals surface area contributed by atoms with Gasteiger partial charge in [0.15, 0.2) is 0 Å². The largest absolute Gasteiger partial charge is 0.489 e. The highest BCUT2D eigenvalue weighted by Gasteiger charge is 2.25. The Morgan fingerprint density at radius 1 is 1.60 bits per heavy atom. The molecule has 1 aliphatic carbocycles. The molecule has 0 atom stereocenters. The molecule has 5 nitrogen and oxygen atoms in total. The second kappa shape index (κ2) is 3.86. The number of rotatable bonds is 4. The zero-order valence-electron chi connectivity index (χ0n) is 8.27. The maximum absolute atomic E-state index is 11.1. The van der Waals surface area contributed by atoms with Gasteiger partial charge in [-0.25, -0.2) is 0 Å². The minimum atomic E-state index is -0.526. The van der Waals surface area contributed by atoms with Crippen molar-refractivity contribution in [3.8, 4) is 5.75 Å². The van der Waals surface area contributed by atoms with Crippen molar-refractivity contribution in [3.63, 3.8) is 0 Å². The molecule has 80 valence electrons. The fraction of sp³-hybridized carbons (Fsp3) is 0.400. The highest BCUT2D eigenvalue weighted by atomic mass is 16.5. The molecule has 1 aromatic rings. The Balaban J connectivity index is 2.30. The SMILES string of the molecule is NCc1cc(OC2CC2)c(C(N)=O)cn1. The van der Waals surface area contributed by atoms with E-state index < -0.39 is 5.91 Å². The Labute approximate surface area is 87.4 Å². The number of hydrogen-bond acceptors (Lipinski definition) is 4. The molecule has 15 heavy (non-hydrogen) atoms. The lowest BCUT2D eigenvalue weighted by Gasteiger charge is -2.09. The average molecular weight is 207 g/mol. The summed E-state index contributed by atoms with van der Waals surface area (Å²) in [5, 5.41) is 0. The molecule has 0 aliphatic heterocycles. The topological polar surface area (TPSA) is 91.2 Å². The fourth-order valence-electron chi connectivity index (χ4n) is 1.24. The van der Waals surface area contributed by atoms with E-state index in [0.29, 0.717) is 23.6 Å². The predicted octanol–water partition coefficient (Wildman–Crippen LogP) is 0.180. The van der Waals surface area contributed by atoms with Crippen molar-refractivity contribution in [1.29, 1.82) is 0 Å². The molecule has 5 heteroatoms. The van der Waals surface area contributed by atoms with Gasteiger partial charge in [0.1, 0.15) is 5.75 Å². The van der Waals surface area contributed by atoms with Crippen molar-refractivity contribution in [2.24, 2.45) is 11.5 Å². The van der Waals surface area contributed by atoms with E-state index in [1.54, 1.807) is 6.07 Å². The monoisotopic (exact) mass is 207 g/mol. The molecule has 1 saturated carbocycles. The Kier molecular flexibility index (Phi) is 2.55. The molecular weight excluding hydrogens is 194 g/mol. The van der Waals surface area contributed by atoms with Crippen molar-refractivity contribution in [2.45, 2.75) is 25.5 Å². The summed E-state index contributed by atoms with van der Waals surface area (Å²) in [5.41, 5.74) is 11.7. The van der Waals surface area contributed by atoms with Gasteiger partial charge in [-0.3, -0.25) is 9.78 Å². The number of carbonyl (C=O) groups is 1. The van der Waals surface area contributed by atoms with E-state index in [4.69, 9.17) is 16.2 Å². The summed E-state index contributed by atoms with van der Waals surface area (Å²) in [6, 6.07) is 1.68. The van der Waals surface area contributed by atoms with Crippen LogP contribution in [0.3, 0.4) is 0 Å². The number of nitrogens with two attached hydrogens (primary N) is 2. The standard InChI is InChI=1S/C10H13N3O2/c11-4-6-3-9(15-7-1-2-7)8(5-13-6)10(12)14/h3,5,7H,1-2,4,11H2,(H2,12,14). The Bertz CT molecular complexity index is 388. The van der Waals surface area contributed by atoms with Gasteiger partial charge in [-0.1, -0.05) is 0 Å². The van der Waals surface area contributed by atoms with E-state index in [0.717, 1.165) is 12.8 Å². The van der Waals surface area contributed by atoms with Crippen molar-refractivity contribution in [2.75, 3.05) is 0 Å². The Morgan fingerprint density at radius 2 is 2.33 bits per heavy atom. The minimum absolute atomic E-state index is 0.219. The summed E-state index contributed by atoms with van der Waals surface area (Å²) in [7, 11) is 0. The highest BCUT2D eigenvalue weighted by Crippen LogP contribution is 2.29. The lowest BCUT2D eigenvalue weighted by molar-refractivity contribution is 0.0995. The molecule has 2 rings (SSSR count). The highest BCUT2D eigenvalue weighted by molar-refractivity contribution is 5.95. The van der Waals surface area contributed by atoms with E-state index >= 15 is 0 Å². The second-order valence-corrected chi connectivity index (χ2v) is 3.56. The summed E-state index contributed by atoms with van der Waals surface area (Å²) in [4.78, 5) is 15.1. The van der Waals surface area contributed by atoms with E-state index in [2.05, 4.69) is 4.98 Å². The third kappa shape index (κ3) is 2.24. The van der Waals surface area contributed by atoms with Gasteiger partial charge in [-0.05, 0) is 12.8 Å². The van der Waals surface area contributed by atoms with Gasteiger partial charge < -0.3 is 16.2 Å². The van der Waals surface area contributed by atoms with Crippen molar-refractivity contribution < 1.29 is 9.53 Å². The zero-order chi connectivity index (χ0) is 10.8. The molecule has 0 aromatic carbocycles. The lowest BCUT2D eigenvalue weighted by Crippen LogP contribution is -2.15. The molecule has 0 bridgehead atoms. The van der Waals surface area contributed by atoms with Gasteiger partial charge in [0.2, 0.25) is 0 Å². The molecule has 4 N–H and O–H groups in total. The van der Waals surface area contributed by atoms with Crippen LogP contribution in [0.5, 0.6) is 5.75 Å². The molecule has 0 saturated heterocycles. The number of nitrogens with zero attached hydrogens (tertiary/aromatic N) is 1. The van der Waals surface area contributed by atoms with E-state index in [-0.39, 0.29) is 6.10 Å². The van der Waals surface area contributed by atoms with Gasteiger partial charge in [0, 0.05) is 18.8 Å². The van der Waals surface area contributed by atoms with Gasteiger partial charge >= 0.3 is 0 Å². The quantitative estimate of drug-likeness (QED) is 0.736. The second-order valence-electron chi connectivity index (χ2n) is 3.56. The maximum atomic E-state index is 11.1. The first-order chi connectivity index (χ1) is 7.20. The van der Waals surface area contributed by atoms with Crippen molar-refractivity contribution in [3.05, 3.63) is 23.5 Å². The van der Waals surface area contributed by atoms with Crippen LogP contribution >= 0.6 is 0 Å².